The van der Waals surface area contributed by atoms with Crippen LogP contribution in [0.3, 0.4) is 0 Å². The van der Waals surface area contributed by atoms with E-state index in [1.54, 1.807) is 0 Å². The molecule has 3 N–H and O–H groups in total. The molecule has 2 aromatic rings. The fourth-order valence-electron chi connectivity index (χ4n) is 2.59. The Kier molecular flexibility index (Phi) is 6.05. The van der Waals surface area contributed by atoms with Crippen molar-refractivity contribution < 1.29 is 4.79 Å². The second kappa shape index (κ2) is 8.24. The molecule has 122 valence electrons. The molecule has 2 rings (SSSR count). The lowest BCUT2D eigenvalue weighted by atomic mass is 10.1. The van der Waals surface area contributed by atoms with Crippen LogP contribution in [0.5, 0.6) is 0 Å². The minimum Gasteiger partial charge on any atom is -0.382 e. The zero-order valence-corrected chi connectivity index (χ0v) is 13.6. The largest absolute Gasteiger partial charge is 0.382 e. The average Bonchev–Trinajstić information content (AvgIpc) is 2.59. The van der Waals surface area contributed by atoms with Gasteiger partial charge in [-0.3, -0.25) is 9.69 Å². The number of nitrogen functional groups attached to an aromatic ring is 1. The van der Waals surface area contributed by atoms with Crippen molar-refractivity contribution in [3.8, 4) is 0 Å². The zero-order chi connectivity index (χ0) is 16.7. The Morgan fingerprint density at radius 2 is 1.83 bits per heavy atom. The van der Waals surface area contributed by atoms with Crippen LogP contribution in [-0.4, -0.2) is 40.4 Å². The third-order valence-corrected chi connectivity index (χ3v) is 3.84. The molecule has 1 unspecified atom stereocenters. The molecule has 0 aliphatic carbocycles. The molecule has 1 aromatic carbocycles. The summed E-state index contributed by atoms with van der Waals surface area (Å²) in [5, 5.41) is 2.92. The number of hydrogen-bond acceptors (Lipinski definition) is 5. The van der Waals surface area contributed by atoms with Gasteiger partial charge in [-0.2, -0.15) is 0 Å². The Morgan fingerprint density at radius 1 is 1.17 bits per heavy atom. The molecule has 0 saturated heterocycles. The maximum atomic E-state index is 12.3. The lowest BCUT2D eigenvalue weighted by Crippen LogP contribution is -2.38. The van der Waals surface area contributed by atoms with Gasteiger partial charge >= 0.3 is 0 Å². The number of nitrogens with zero attached hydrogens (tertiary/aromatic N) is 3. The Bertz CT molecular complexity index is 628. The summed E-state index contributed by atoms with van der Waals surface area (Å²) in [7, 11) is 0. The predicted molar refractivity (Wildman–Crippen MR) is 90.9 cm³/mol. The summed E-state index contributed by atoms with van der Waals surface area (Å²) in [5.74, 6) is -0.159. The zero-order valence-electron chi connectivity index (χ0n) is 13.6. The molecule has 0 fully saturated rings. The maximum absolute atomic E-state index is 12.3. The lowest BCUT2D eigenvalue weighted by molar-refractivity contribution is 0.0930. The number of hydrogen-bond donors (Lipinski definition) is 2. The van der Waals surface area contributed by atoms with Crippen molar-refractivity contribution in [1.82, 2.24) is 20.2 Å². The number of nitrogens with two attached hydrogens (primary N) is 1. The normalized spacial score (nSPS) is 12.1. The number of amides is 1. The van der Waals surface area contributed by atoms with Gasteiger partial charge in [0, 0.05) is 18.9 Å². The number of aromatic nitrogens is 2. The van der Waals surface area contributed by atoms with Crippen LogP contribution >= 0.6 is 0 Å². The van der Waals surface area contributed by atoms with Gasteiger partial charge in [-0.05, 0) is 18.7 Å². The molecule has 1 aromatic heterocycles. The van der Waals surface area contributed by atoms with Gasteiger partial charge < -0.3 is 11.1 Å². The lowest BCUT2D eigenvalue weighted by Gasteiger charge is -2.30. The molecule has 23 heavy (non-hydrogen) atoms. The van der Waals surface area contributed by atoms with Crippen LogP contribution in [-0.2, 0) is 0 Å². The number of benzene rings is 1. The van der Waals surface area contributed by atoms with Gasteiger partial charge in [0.25, 0.3) is 5.91 Å². The van der Waals surface area contributed by atoms with Crippen molar-refractivity contribution in [1.29, 1.82) is 0 Å². The molecule has 1 atom stereocenters. The van der Waals surface area contributed by atoms with E-state index in [1.807, 2.05) is 18.2 Å². The summed E-state index contributed by atoms with van der Waals surface area (Å²) in [4.78, 5) is 22.5. The first-order valence-corrected chi connectivity index (χ1v) is 7.81. The molecule has 0 radical (unpaired) electrons. The first-order valence-electron chi connectivity index (χ1n) is 7.81. The number of carbonyl (C=O) groups is 1. The highest BCUT2D eigenvalue weighted by molar-refractivity contribution is 5.96. The topological polar surface area (TPSA) is 84.1 Å². The third-order valence-electron chi connectivity index (χ3n) is 3.84. The summed E-state index contributed by atoms with van der Waals surface area (Å²) in [6.07, 6.45) is 2.93. The average molecular weight is 313 g/mol. The van der Waals surface area contributed by atoms with E-state index in [-0.39, 0.29) is 23.5 Å². The van der Waals surface area contributed by atoms with Crippen molar-refractivity contribution >= 4 is 11.7 Å². The van der Waals surface area contributed by atoms with Crippen molar-refractivity contribution in [2.24, 2.45) is 0 Å². The molecule has 1 heterocycles. The number of anilines is 1. The third kappa shape index (κ3) is 4.26. The first kappa shape index (κ1) is 16.9. The molecule has 6 heteroatoms. The van der Waals surface area contributed by atoms with Gasteiger partial charge in [0.1, 0.15) is 0 Å². The number of rotatable bonds is 7. The molecule has 1 amide bonds. The molecule has 0 bridgehead atoms. The van der Waals surface area contributed by atoms with E-state index in [0.29, 0.717) is 6.54 Å². The minimum atomic E-state index is -0.302. The predicted octanol–water partition coefficient (Wildman–Crippen LogP) is 1.87. The van der Waals surface area contributed by atoms with Gasteiger partial charge in [0.05, 0.1) is 6.04 Å². The van der Waals surface area contributed by atoms with E-state index in [9.17, 15) is 4.79 Å². The molecule has 0 saturated carbocycles. The highest BCUT2D eigenvalue weighted by Gasteiger charge is 2.20. The fourth-order valence-corrected chi connectivity index (χ4v) is 2.59. The summed E-state index contributed by atoms with van der Waals surface area (Å²) in [5.41, 5.74) is 7.04. The number of likely N-dealkylation sites (N-methyl/N-ethyl adjacent to an activating group) is 1. The van der Waals surface area contributed by atoms with E-state index in [1.165, 1.54) is 18.0 Å². The van der Waals surface area contributed by atoms with Crippen LogP contribution in [0.25, 0.3) is 0 Å². The van der Waals surface area contributed by atoms with E-state index < -0.39 is 0 Å². The molecule has 6 nitrogen and oxygen atoms in total. The van der Waals surface area contributed by atoms with Gasteiger partial charge in [0.15, 0.2) is 11.5 Å². The highest BCUT2D eigenvalue weighted by Crippen LogP contribution is 2.19. The van der Waals surface area contributed by atoms with E-state index in [2.05, 4.69) is 46.2 Å². The van der Waals surface area contributed by atoms with Crippen LogP contribution in [0.4, 0.5) is 5.82 Å². The fraction of sp³-hybridized carbons (Fsp3) is 0.353. The van der Waals surface area contributed by atoms with E-state index in [4.69, 9.17) is 5.73 Å². The molecular formula is C17H23N5O. The van der Waals surface area contributed by atoms with E-state index in [0.717, 1.165) is 13.1 Å². The molecule has 0 aliphatic heterocycles. The van der Waals surface area contributed by atoms with Crippen LogP contribution in [0.1, 0.15) is 35.9 Å². The van der Waals surface area contributed by atoms with Gasteiger partial charge in [-0.25, -0.2) is 9.97 Å². The highest BCUT2D eigenvalue weighted by atomic mass is 16.1. The Morgan fingerprint density at radius 3 is 2.43 bits per heavy atom. The molecular weight excluding hydrogens is 290 g/mol. The monoisotopic (exact) mass is 313 g/mol. The van der Waals surface area contributed by atoms with Gasteiger partial charge in [-0.1, -0.05) is 44.2 Å². The molecule has 0 spiro atoms. The van der Waals surface area contributed by atoms with Crippen molar-refractivity contribution in [2.45, 2.75) is 19.9 Å². The van der Waals surface area contributed by atoms with Crippen LogP contribution < -0.4 is 11.1 Å². The summed E-state index contributed by atoms with van der Waals surface area (Å²) >= 11 is 0. The van der Waals surface area contributed by atoms with Crippen molar-refractivity contribution in [2.75, 3.05) is 25.4 Å². The van der Waals surface area contributed by atoms with Crippen LogP contribution in [0, 0.1) is 0 Å². The second-order valence-corrected chi connectivity index (χ2v) is 5.15. The number of carbonyl (C=O) groups excluding carboxylic acids is 1. The standard InChI is InChI=1S/C17H23N5O/c1-3-22(4-2)14(13-8-6-5-7-9-13)12-21-17(23)15-16(18)20-11-10-19-15/h5-11,14H,3-4,12H2,1-2H3,(H2,18,20)(H,21,23). The first-order chi connectivity index (χ1) is 11.2. The van der Waals surface area contributed by atoms with Gasteiger partial charge in [-0.15, -0.1) is 0 Å². The van der Waals surface area contributed by atoms with E-state index >= 15 is 0 Å². The van der Waals surface area contributed by atoms with Gasteiger partial charge in [0.2, 0.25) is 0 Å². The Labute approximate surface area is 136 Å². The summed E-state index contributed by atoms with van der Waals surface area (Å²) in [6, 6.07) is 10.3. The van der Waals surface area contributed by atoms with Crippen LogP contribution in [0.2, 0.25) is 0 Å². The number of nitrogens with one attached hydrogen (secondary N) is 1. The van der Waals surface area contributed by atoms with Crippen molar-refractivity contribution in [3.63, 3.8) is 0 Å². The second-order valence-electron chi connectivity index (χ2n) is 5.15. The van der Waals surface area contributed by atoms with Crippen LogP contribution in [0.15, 0.2) is 42.7 Å². The Hall–Kier alpha value is -2.47. The minimum absolute atomic E-state index is 0.105. The van der Waals surface area contributed by atoms with Crippen molar-refractivity contribution in [3.05, 3.63) is 54.0 Å². The molecule has 0 aliphatic rings. The maximum Gasteiger partial charge on any atom is 0.273 e. The summed E-state index contributed by atoms with van der Waals surface area (Å²) in [6.45, 7) is 6.52. The SMILES string of the molecule is CCN(CC)C(CNC(=O)c1nccnc1N)c1ccccc1. The quantitative estimate of drug-likeness (QED) is 0.815. The Balaban J connectivity index is 2.12. The summed E-state index contributed by atoms with van der Waals surface area (Å²) < 4.78 is 0. The smallest absolute Gasteiger partial charge is 0.273 e.